The van der Waals surface area contributed by atoms with Crippen LogP contribution in [0.3, 0.4) is 0 Å². The molecule has 0 spiro atoms. The van der Waals surface area contributed by atoms with Crippen LogP contribution >= 0.6 is 0 Å². The molecule has 1 heterocycles. The van der Waals surface area contributed by atoms with E-state index in [4.69, 9.17) is 11.0 Å². The monoisotopic (exact) mass is 236 g/mol. The lowest BCUT2D eigenvalue weighted by atomic mass is 10.2. The van der Waals surface area contributed by atoms with Crippen LogP contribution in [0.4, 0.5) is 0 Å². The van der Waals surface area contributed by atoms with Gasteiger partial charge in [0.25, 0.3) is 5.91 Å². The van der Waals surface area contributed by atoms with E-state index in [1.54, 1.807) is 13.2 Å². The molecular weight excluding hydrogens is 220 g/mol. The molecule has 1 unspecified atom stereocenters. The Balaban J connectivity index is 2.71. The predicted molar refractivity (Wildman–Crippen MR) is 60.9 cm³/mol. The van der Waals surface area contributed by atoms with Crippen molar-refractivity contribution in [3.05, 3.63) is 11.9 Å². The summed E-state index contributed by atoms with van der Waals surface area (Å²) in [5.41, 5.74) is 5.64. The molecule has 0 aliphatic carbocycles. The summed E-state index contributed by atoms with van der Waals surface area (Å²) in [6.07, 6.45) is 1.85. The van der Waals surface area contributed by atoms with Crippen LogP contribution in [0, 0.1) is 11.3 Å². The van der Waals surface area contributed by atoms with Gasteiger partial charge in [0.15, 0.2) is 5.69 Å². The molecule has 0 bridgehead atoms. The van der Waals surface area contributed by atoms with Crippen molar-refractivity contribution in [1.29, 1.82) is 5.26 Å². The van der Waals surface area contributed by atoms with Crippen molar-refractivity contribution in [3.8, 4) is 6.07 Å². The van der Waals surface area contributed by atoms with Gasteiger partial charge in [-0.1, -0.05) is 5.21 Å². The molecule has 2 N–H and O–H groups in total. The minimum absolute atomic E-state index is 0.146. The minimum atomic E-state index is -0.240. The van der Waals surface area contributed by atoms with Crippen molar-refractivity contribution in [2.75, 3.05) is 13.6 Å². The predicted octanol–water partition coefficient (Wildman–Crippen LogP) is -0.389. The van der Waals surface area contributed by atoms with Crippen LogP contribution in [0.5, 0.6) is 0 Å². The Bertz CT molecular complexity index is 421. The van der Waals surface area contributed by atoms with E-state index in [0.29, 0.717) is 19.5 Å². The fourth-order valence-corrected chi connectivity index (χ4v) is 1.29. The number of carbonyl (C=O) groups excluding carboxylic acids is 1. The quantitative estimate of drug-likeness (QED) is 0.750. The Morgan fingerprint density at radius 1 is 1.76 bits per heavy atom. The van der Waals surface area contributed by atoms with Crippen LogP contribution < -0.4 is 5.73 Å². The molecule has 17 heavy (non-hydrogen) atoms. The largest absolute Gasteiger partial charge is 0.337 e. The van der Waals surface area contributed by atoms with Crippen LogP contribution in [0.1, 0.15) is 23.8 Å². The Kier molecular flexibility index (Phi) is 4.60. The first kappa shape index (κ1) is 13.1. The fraction of sp³-hybridized carbons (Fsp3) is 0.600. The highest BCUT2D eigenvalue weighted by molar-refractivity contribution is 5.91. The molecule has 0 aromatic carbocycles. The molecule has 1 rings (SSSR count). The second-order valence-electron chi connectivity index (χ2n) is 3.78. The SMILES string of the molecule is CC(CC#N)N(C)C(=O)c1cn(CCN)nn1. The second kappa shape index (κ2) is 5.96. The van der Waals surface area contributed by atoms with Gasteiger partial charge in [-0.25, -0.2) is 0 Å². The summed E-state index contributed by atoms with van der Waals surface area (Å²) < 4.78 is 1.52. The van der Waals surface area contributed by atoms with Gasteiger partial charge < -0.3 is 10.6 Å². The number of amides is 1. The van der Waals surface area contributed by atoms with E-state index in [1.807, 2.05) is 13.0 Å². The lowest BCUT2D eigenvalue weighted by Crippen LogP contribution is -2.35. The molecule has 1 aromatic heterocycles. The van der Waals surface area contributed by atoms with Crippen LogP contribution in [-0.4, -0.2) is 45.4 Å². The number of hydrogen-bond acceptors (Lipinski definition) is 5. The molecule has 0 aliphatic heterocycles. The summed E-state index contributed by atoms with van der Waals surface area (Å²) in [5.74, 6) is -0.240. The highest BCUT2D eigenvalue weighted by Crippen LogP contribution is 2.05. The van der Waals surface area contributed by atoms with E-state index >= 15 is 0 Å². The molecule has 1 aromatic rings. The summed E-state index contributed by atoms with van der Waals surface area (Å²) in [7, 11) is 1.65. The van der Waals surface area contributed by atoms with Gasteiger partial charge >= 0.3 is 0 Å². The molecule has 0 fully saturated rings. The molecule has 0 radical (unpaired) electrons. The number of aromatic nitrogens is 3. The highest BCUT2D eigenvalue weighted by atomic mass is 16.2. The maximum atomic E-state index is 11.9. The van der Waals surface area contributed by atoms with E-state index in [2.05, 4.69) is 10.3 Å². The molecule has 92 valence electrons. The number of rotatable bonds is 5. The van der Waals surface area contributed by atoms with Crippen molar-refractivity contribution in [1.82, 2.24) is 19.9 Å². The van der Waals surface area contributed by atoms with E-state index in [1.165, 1.54) is 9.58 Å². The summed E-state index contributed by atoms with van der Waals surface area (Å²) in [5, 5.41) is 16.1. The summed E-state index contributed by atoms with van der Waals surface area (Å²) in [4.78, 5) is 13.4. The zero-order valence-corrected chi connectivity index (χ0v) is 10.00. The highest BCUT2D eigenvalue weighted by Gasteiger charge is 2.19. The Labute approximate surface area is 99.8 Å². The molecule has 1 atom stereocenters. The third kappa shape index (κ3) is 3.26. The van der Waals surface area contributed by atoms with Crippen LogP contribution in [-0.2, 0) is 6.54 Å². The number of nitriles is 1. The number of nitrogens with zero attached hydrogens (tertiary/aromatic N) is 5. The molecule has 7 nitrogen and oxygen atoms in total. The van der Waals surface area contributed by atoms with Crippen molar-refractivity contribution in [2.24, 2.45) is 5.73 Å². The molecule has 1 amide bonds. The van der Waals surface area contributed by atoms with Crippen molar-refractivity contribution in [2.45, 2.75) is 25.9 Å². The average Bonchev–Trinajstić information content (AvgIpc) is 2.76. The minimum Gasteiger partial charge on any atom is -0.337 e. The first-order valence-corrected chi connectivity index (χ1v) is 5.34. The van der Waals surface area contributed by atoms with Gasteiger partial charge in [0.05, 0.1) is 25.2 Å². The second-order valence-corrected chi connectivity index (χ2v) is 3.78. The first-order valence-electron chi connectivity index (χ1n) is 5.34. The van der Waals surface area contributed by atoms with Gasteiger partial charge in [-0.2, -0.15) is 5.26 Å². The first-order chi connectivity index (χ1) is 8.10. The zero-order chi connectivity index (χ0) is 12.8. The van der Waals surface area contributed by atoms with Gasteiger partial charge in [0, 0.05) is 19.6 Å². The fourth-order valence-electron chi connectivity index (χ4n) is 1.29. The third-order valence-electron chi connectivity index (χ3n) is 2.48. The molecule has 7 heteroatoms. The number of carbonyl (C=O) groups is 1. The Morgan fingerprint density at radius 3 is 3.06 bits per heavy atom. The van der Waals surface area contributed by atoms with Crippen LogP contribution in [0.2, 0.25) is 0 Å². The Hall–Kier alpha value is -1.94. The lowest BCUT2D eigenvalue weighted by Gasteiger charge is -2.21. The van der Waals surface area contributed by atoms with Gasteiger partial charge in [0.2, 0.25) is 0 Å². The molecule has 0 saturated carbocycles. The van der Waals surface area contributed by atoms with Crippen LogP contribution in [0.25, 0.3) is 0 Å². The normalized spacial score (nSPS) is 11.9. The van der Waals surface area contributed by atoms with Crippen molar-refractivity contribution in [3.63, 3.8) is 0 Å². The number of nitrogens with two attached hydrogens (primary N) is 1. The van der Waals surface area contributed by atoms with Crippen LogP contribution in [0.15, 0.2) is 6.20 Å². The van der Waals surface area contributed by atoms with Gasteiger partial charge in [-0.05, 0) is 6.92 Å². The Morgan fingerprint density at radius 2 is 2.47 bits per heavy atom. The smallest absolute Gasteiger partial charge is 0.276 e. The maximum absolute atomic E-state index is 11.9. The van der Waals surface area contributed by atoms with E-state index in [-0.39, 0.29) is 17.6 Å². The zero-order valence-electron chi connectivity index (χ0n) is 10.00. The van der Waals surface area contributed by atoms with E-state index < -0.39 is 0 Å². The van der Waals surface area contributed by atoms with E-state index in [9.17, 15) is 4.79 Å². The average molecular weight is 236 g/mol. The maximum Gasteiger partial charge on any atom is 0.276 e. The number of hydrogen-bond donors (Lipinski definition) is 1. The third-order valence-corrected chi connectivity index (χ3v) is 2.48. The summed E-state index contributed by atoms with van der Waals surface area (Å²) in [6, 6.07) is 1.88. The van der Waals surface area contributed by atoms with E-state index in [0.717, 1.165) is 0 Å². The lowest BCUT2D eigenvalue weighted by molar-refractivity contribution is 0.0740. The van der Waals surface area contributed by atoms with Gasteiger partial charge in [-0.3, -0.25) is 9.48 Å². The molecule has 0 aliphatic rings. The van der Waals surface area contributed by atoms with Crippen molar-refractivity contribution >= 4 is 5.91 Å². The standard InChI is InChI=1S/C10H16N6O/c1-8(3-4-11)15(2)10(17)9-7-16(6-5-12)14-13-9/h7-8H,3,5-6,12H2,1-2H3. The summed E-state index contributed by atoms with van der Waals surface area (Å²) >= 11 is 0. The topological polar surface area (TPSA) is 101 Å². The molecular formula is C10H16N6O. The van der Waals surface area contributed by atoms with Gasteiger partial charge in [-0.15, -0.1) is 5.10 Å². The van der Waals surface area contributed by atoms with Crippen molar-refractivity contribution < 1.29 is 4.79 Å². The van der Waals surface area contributed by atoms with Gasteiger partial charge in [0.1, 0.15) is 0 Å². The summed E-state index contributed by atoms with van der Waals surface area (Å²) in [6.45, 7) is 2.78. The molecule has 0 saturated heterocycles.